The molecule has 4 nitrogen and oxygen atoms in total. The second kappa shape index (κ2) is 7.22. The van der Waals surface area contributed by atoms with Gasteiger partial charge in [0.15, 0.2) is 0 Å². The number of nitrogens with one attached hydrogen (secondary N) is 2. The third-order valence-corrected chi connectivity index (χ3v) is 3.57. The maximum atomic E-state index is 12.2. The fraction of sp³-hybridized carbons (Fsp3) is 0.250. The third-order valence-electron chi connectivity index (χ3n) is 3.08. The molecule has 1 heterocycles. The number of nitrogens with zero attached hydrogens (tertiary/aromatic N) is 1. The first kappa shape index (κ1) is 15.5. The molecule has 21 heavy (non-hydrogen) atoms. The quantitative estimate of drug-likeness (QED) is 0.865. The van der Waals surface area contributed by atoms with E-state index in [1.165, 1.54) is 0 Å². The zero-order valence-corrected chi connectivity index (χ0v) is 13.6. The average molecular weight is 348 g/mol. The summed E-state index contributed by atoms with van der Waals surface area (Å²) < 4.78 is 0.998. The predicted molar refractivity (Wildman–Crippen MR) is 88.4 cm³/mol. The molecule has 0 fully saturated rings. The van der Waals surface area contributed by atoms with Gasteiger partial charge in [-0.25, -0.2) is 4.98 Å². The molecule has 0 spiro atoms. The van der Waals surface area contributed by atoms with Gasteiger partial charge in [0.05, 0.1) is 11.6 Å². The summed E-state index contributed by atoms with van der Waals surface area (Å²) in [5.41, 5.74) is 1.61. The van der Waals surface area contributed by atoms with Crippen molar-refractivity contribution in [3.63, 3.8) is 0 Å². The lowest BCUT2D eigenvalue weighted by Gasteiger charge is -2.14. The number of benzene rings is 1. The third kappa shape index (κ3) is 4.29. The van der Waals surface area contributed by atoms with Crippen LogP contribution in [0.25, 0.3) is 0 Å². The Hall–Kier alpha value is -1.88. The zero-order valence-electron chi connectivity index (χ0n) is 12.1. The standard InChI is InChI=1S/C16H18BrN3O/c1-3-18-15-8-7-13(10-19-15)16(21)20-11(2)12-5-4-6-14(17)9-12/h4-11H,3H2,1-2H3,(H,18,19)(H,20,21). The normalized spacial score (nSPS) is 11.8. The molecule has 1 atom stereocenters. The number of carbonyl (C=O) groups is 1. The van der Waals surface area contributed by atoms with Crippen LogP contribution in [0.5, 0.6) is 0 Å². The highest BCUT2D eigenvalue weighted by Gasteiger charge is 2.12. The number of pyridine rings is 1. The van der Waals surface area contributed by atoms with E-state index in [1.807, 2.05) is 44.2 Å². The van der Waals surface area contributed by atoms with Crippen LogP contribution >= 0.6 is 15.9 Å². The van der Waals surface area contributed by atoms with Gasteiger partial charge < -0.3 is 10.6 Å². The van der Waals surface area contributed by atoms with E-state index in [4.69, 9.17) is 0 Å². The first-order valence-corrected chi connectivity index (χ1v) is 7.65. The van der Waals surface area contributed by atoms with Gasteiger partial charge in [-0.15, -0.1) is 0 Å². The van der Waals surface area contributed by atoms with Crippen LogP contribution in [-0.4, -0.2) is 17.4 Å². The van der Waals surface area contributed by atoms with Crippen molar-refractivity contribution < 1.29 is 4.79 Å². The van der Waals surface area contributed by atoms with Gasteiger partial charge in [-0.2, -0.15) is 0 Å². The van der Waals surface area contributed by atoms with E-state index in [9.17, 15) is 4.79 Å². The molecule has 1 unspecified atom stereocenters. The van der Waals surface area contributed by atoms with Crippen molar-refractivity contribution in [2.45, 2.75) is 19.9 Å². The minimum absolute atomic E-state index is 0.0663. The van der Waals surface area contributed by atoms with E-state index in [-0.39, 0.29) is 11.9 Å². The SMILES string of the molecule is CCNc1ccc(C(=O)NC(C)c2cccc(Br)c2)cn1. The summed E-state index contributed by atoms with van der Waals surface area (Å²) in [7, 11) is 0. The predicted octanol–water partition coefficient (Wildman–Crippen LogP) is 3.77. The van der Waals surface area contributed by atoms with Crippen molar-refractivity contribution in [1.29, 1.82) is 0 Å². The number of amides is 1. The number of aromatic nitrogens is 1. The smallest absolute Gasteiger partial charge is 0.253 e. The van der Waals surface area contributed by atoms with E-state index >= 15 is 0 Å². The van der Waals surface area contributed by atoms with E-state index in [0.717, 1.165) is 22.4 Å². The molecule has 0 aliphatic carbocycles. The van der Waals surface area contributed by atoms with Crippen molar-refractivity contribution >= 4 is 27.7 Å². The molecule has 0 saturated heterocycles. The minimum atomic E-state index is -0.127. The second-order valence-corrected chi connectivity index (χ2v) is 5.63. The van der Waals surface area contributed by atoms with Crippen LogP contribution in [0.15, 0.2) is 47.1 Å². The number of anilines is 1. The second-order valence-electron chi connectivity index (χ2n) is 4.71. The molecular weight excluding hydrogens is 330 g/mol. The molecule has 0 aliphatic heterocycles. The van der Waals surface area contributed by atoms with Crippen LogP contribution in [0.3, 0.4) is 0 Å². The fourth-order valence-electron chi connectivity index (χ4n) is 1.95. The van der Waals surface area contributed by atoms with E-state index in [0.29, 0.717) is 5.56 Å². The summed E-state index contributed by atoms with van der Waals surface area (Å²) in [5, 5.41) is 6.07. The van der Waals surface area contributed by atoms with Crippen molar-refractivity contribution in [1.82, 2.24) is 10.3 Å². The lowest BCUT2D eigenvalue weighted by molar-refractivity contribution is 0.0939. The van der Waals surface area contributed by atoms with Crippen molar-refractivity contribution in [2.24, 2.45) is 0 Å². The van der Waals surface area contributed by atoms with Crippen molar-refractivity contribution in [3.8, 4) is 0 Å². The molecule has 110 valence electrons. The summed E-state index contributed by atoms with van der Waals surface area (Å²) in [6, 6.07) is 11.4. The van der Waals surface area contributed by atoms with Gasteiger partial charge in [0.25, 0.3) is 5.91 Å². The Morgan fingerprint density at radius 3 is 2.76 bits per heavy atom. The summed E-state index contributed by atoms with van der Waals surface area (Å²) in [5.74, 6) is 0.645. The number of halogens is 1. The number of hydrogen-bond donors (Lipinski definition) is 2. The van der Waals surface area contributed by atoms with Crippen LogP contribution in [0.2, 0.25) is 0 Å². The van der Waals surface area contributed by atoms with Gasteiger partial charge in [-0.05, 0) is 43.7 Å². The summed E-state index contributed by atoms with van der Waals surface area (Å²) in [6.45, 7) is 4.76. The average Bonchev–Trinajstić information content (AvgIpc) is 2.48. The highest BCUT2D eigenvalue weighted by atomic mass is 79.9. The van der Waals surface area contributed by atoms with Gasteiger partial charge in [0.2, 0.25) is 0 Å². The van der Waals surface area contributed by atoms with E-state index in [1.54, 1.807) is 12.3 Å². The Morgan fingerprint density at radius 2 is 2.14 bits per heavy atom. The van der Waals surface area contributed by atoms with Crippen LogP contribution < -0.4 is 10.6 Å². The summed E-state index contributed by atoms with van der Waals surface area (Å²) in [4.78, 5) is 16.4. The highest BCUT2D eigenvalue weighted by Crippen LogP contribution is 2.18. The van der Waals surface area contributed by atoms with E-state index < -0.39 is 0 Å². The molecular formula is C16H18BrN3O. The molecule has 1 aromatic heterocycles. The Balaban J connectivity index is 2.03. The molecule has 5 heteroatoms. The Kier molecular flexibility index (Phi) is 5.33. The van der Waals surface area contributed by atoms with Gasteiger partial charge in [-0.1, -0.05) is 28.1 Å². The summed E-state index contributed by atoms with van der Waals surface area (Å²) >= 11 is 3.43. The summed E-state index contributed by atoms with van der Waals surface area (Å²) in [6.07, 6.45) is 1.58. The lowest BCUT2D eigenvalue weighted by Crippen LogP contribution is -2.26. The maximum absolute atomic E-state index is 12.2. The number of hydrogen-bond acceptors (Lipinski definition) is 3. The van der Waals surface area contributed by atoms with Gasteiger partial charge >= 0.3 is 0 Å². The molecule has 0 saturated carbocycles. The van der Waals surface area contributed by atoms with Gasteiger partial charge in [-0.3, -0.25) is 4.79 Å². The van der Waals surface area contributed by atoms with Crippen LogP contribution in [0.1, 0.15) is 35.8 Å². The Labute approximate surface area is 133 Å². The Morgan fingerprint density at radius 1 is 1.33 bits per heavy atom. The molecule has 1 aromatic carbocycles. The maximum Gasteiger partial charge on any atom is 0.253 e. The number of carbonyl (C=O) groups excluding carboxylic acids is 1. The first-order valence-electron chi connectivity index (χ1n) is 6.86. The minimum Gasteiger partial charge on any atom is -0.370 e. The molecule has 0 radical (unpaired) electrons. The van der Waals surface area contributed by atoms with Gasteiger partial charge in [0.1, 0.15) is 5.82 Å². The van der Waals surface area contributed by atoms with Crippen LogP contribution in [-0.2, 0) is 0 Å². The Bertz CT molecular complexity index is 613. The van der Waals surface area contributed by atoms with Crippen LogP contribution in [0, 0.1) is 0 Å². The molecule has 2 rings (SSSR count). The molecule has 2 aromatic rings. The zero-order chi connectivity index (χ0) is 15.2. The van der Waals surface area contributed by atoms with Crippen molar-refractivity contribution in [2.75, 3.05) is 11.9 Å². The van der Waals surface area contributed by atoms with Crippen molar-refractivity contribution in [3.05, 3.63) is 58.2 Å². The monoisotopic (exact) mass is 347 g/mol. The molecule has 1 amide bonds. The lowest BCUT2D eigenvalue weighted by atomic mass is 10.1. The first-order chi connectivity index (χ1) is 10.1. The molecule has 0 aliphatic rings. The fourth-order valence-corrected chi connectivity index (χ4v) is 2.37. The number of rotatable bonds is 5. The molecule has 0 bridgehead atoms. The highest BCUT2D eigenvalue weighted by molar-refractivity contribution is 9.10. The van der Waals surface area contributed by atoms with Crippen LogP contribution in [0.4, 0.5) is 5.82 Å². The van der Waals surface area contributed by atoms with E-state index in [2.05, 4.69) is 31.5 Å². The topological polar surface area (TPSA) is 54.0 Å². The van der Waals surface area contributed by atoms with Gasteiger partial charge in [0, 0.05) is 17.2 Å². The largest absolute Gasteiger partial charge is 0.370 e. The molecule has 2 N–H and O–H groups in total.